The minimum absolute atomic E-state index is 0.351. The van der Waals surface area contributed by atoms with Crippen LogP contribution in [0.1, 0.15) is 41.4 Å². The summed E-state index contributed by atoms with van der Waals surface area (Å²) < 4.78 is -1.41. The maximum absolute atomic E-state index is 13.8. The summed E-state index contributed by atoms with van der Waals surface area (Å²) in [6, 6.07) is 34.1. The Kier molecular flexibility index (Phi) is 7.85. The van der Waals surface area contributed by atoms with Crippen molar-refractivity contribution in [2.45, 2.75) is 0 Å². The van der Waals surface area contributed by atoms with Gasteiger partial charge in [-0.1, -0.05) is 0 Å². The molecule has 0 amide bonds. The van der Waals surface area contributed by atoms with Gasteiger partial charge in [0.25, 0.3) is 0 Å². The first kappa shape index (κ1) is 23.8. The van der Waals surface area contributed by atoms with Gasteiger partial charge in [-0.15, -0.1) is 0 Å². The predicted molar refractivity (Wildman–Crippen MR) is 135 cm³/mol. The van der Waals surface area contributed by atoms with E-state index in [9.17, 15) is 19.2 Å². The van der Waals surface area contributed by atoms with E-state index in [1.54, 1.807) is 121 Å². The van der Waals surface area contributed by atoms with E-state index >= 15 is 0 Å². The Balaban J connectivity index is 1.89. The van der Waals surface area contributed by atoms with Gasteiger partial charge in [0.2, 0.25) is 0 Å². The molecule has 0 aromatic heterocycles. The second-order valence-corrected chi connectivity index (χ2v) is 22.1. The van der Waals surface area contributed by atoms with E-state index in [-0.39, 0.29) is 18.3 Å². The van der Waals surface area contributed by atoms with Crippen molar-refractivity contribution in [2.75, 3.05) is 0 Å². The standard InChI is InChI=1S/C28H20As2O4/c31-25(21-13-5-1-6-14-21)29(26(32)22-15-7-2-8-16-22)30(27(33)23-17-9-3-10-18-23)28(34)24-19-11-4-12-20-24/h1-20H. The van der Waals surface area contributed by atoms with Crippen LogP contribution in [0.5, 0.6) is 0 Å². The van der Waals surface area contributed by atoms with Gasteiger partial charge in [0, 0.05) is 0 Å². The number of hydrogen-bond donors (Lipinski definition) is 0. The van der Waals surface area contributed by atoms with Crippen molar-refractivity contribution in [1.82, 2.24) is 0 Å². The van der Waals surface area contributed by atoms with Crippen LogP contribution in [0.2, 0.25) is 0 Å². The van der Waals surface area contributed by atoms with Crippen molar-refractivity contribution in [1.29, 1.82) is 0 Å². The molecule has 6 heteroatoms. The Labute approximate surface area is 205 Å². The van der Waals surface area contributed by atoms with Crippen molar-refractivity contribution >= 4 is 43.5 Å². The molecule has 0 aliphatic carbocycles. The third kappa shape index (κ3) is 5.25. The van der Waals surface area contributed by atoms with E-state index in [1.165, 1.54) is 0 Å². The van der Waals surface area contributed by atoms with Gasteiger partial charge in [0.1, 0.15) is 0 Å². The summed E-state index contributed by atoms with van der Waals surface area (Å²) >= 11 is -6.74. The molecule has 0 saturated heterocycles. The van der Waals surface area contributed by atoms with E-state index in [4.69, 9.17) is 0 Å². The molecule has 34 heavy (non-hydrogen) atoms. The quantitative estimate of drug-likeness (QED) is 0.273. The monoisotopic (exact) mass is 570 g/mol. The zero-order valence-electron chi connectivity index (χ0n) is 18.1. The summed E-state index contributed by atoms with van der Waals surface area (Å²) in [5.41, 5.74) is 1.47. The molecule has 4 rings (SSSR count). The summed E-state index contributed by atoms with van der Waals surface area (Å²) in [5, 5.41) is 0. The molecule has 0 fully saturated rings. The number of carbonyl (C=O) groups excluding carboxylic acids is 4. The van der Waals surface area contributed by atoms with Crippen molar-refractivity contribution in [3.8, 4) is 0 Å². The number of benzene rings is 4. The fourth-order valence-corrected chi connectivity index (χ4v) is 21.9. The fourth-order valence-electron chi connectivity index (χ4n) is 3.36. The Morgan fingerprint density at radius 2 is 0.500 bits per heavy atom. The van der Waals surface area contributed by atoms with Gasteiger partial charge in [-0.2, -0.15) is 0 Å². The molecule has 0 unspecified atom stereocenters. The molecule has 0 atom stereocenters. The second kappa shape index (κ2) is 11.2. The van der Waals surface area contributed by atoms with E-state index in [2.05, 4.69) is 0 Å². The average molecular weight is 570 g/mol. The van der Waals surface area contributed by atoms with Crippen molar-refractivity contribution in [3.63, 3.8) is 0 Å². The minimum atomic E-state index is -3.37. The van der Waals surface area contributed by atoms with Crippen LogP contribution in [0.25, 0.3) is 0 Å². The van der Waals surface area contributed by atoms with Crippen LogP contribution in [0, 0.1) is 0 Å². The van der Waals surface area contributed by atoms with Crippen molar-refractivity contribution in [2.24, 2.45) is 0 Å². The number of hydrogen-bond acceptors (Lipinski definition) is 4. The molecule has 0 radical (unpaired) electrons. The third-order valence-electron chi connectivity index (χ3n) is 5.05. The molecule has 0 bridgehead atoms. The van der Waals surface area contributed by atoms with Gasteiger partial charge in [-0.3, -0.25) is 0 Å². The SMILES string of the molecule is O=C(c1ccccc1)[As](C(=O)c1ccccc1)[As](C(=O)c1ccccc1)C(=O)c1ccccc1. The Bertz CT molecular complexity index is 1100. The van der Waals surface area contributed by atoms with Crippen LogP contribution in [0.15, 0.2) is 121 Å². The van der Waals surface area contributed by atoms with Crippen LogP contribution in [-0.4, -0.2) is 43.5 Å². The Morgan fingerprint density at radius 3 is 0.676 bits per heavy atom. The molecule has 0 heterocycles. The first-order chi connectivity index (χ1) is 16.6. The fraction of sp³-hybridized carbons (Fsp3) is 0. The molecular weight excluding hydrogens is 550 g/mol. The van der Waals surface area contributed by atoms with Gasteiger partial charge < -0.3 is 0 Å². The molecule has 0 aliphatic heterocycles. The van der Waals surface area contributed by atoms with Gasteiger partial charge in [0.05, 0.1) is 0 Å². The summed E-state index contributed by atoms with van der Waals surface area (Å²) in [6.45, 7) is 0. The molecule has 166 valence electrons. The average Bonchev–Trinajstić information content (AvgIpc) is 2.92. The molecule has 0 N–H and O–H groups in total. The number of carbonyl (C=O) groups is 4. The van der Waals surface area contributed by atoms with E-state index < -0.39 is 25.2 Å². The van der Waals surface area contributed by atoms with Crippen molar-refractivity contribution in [3.05, 3.63) is 144 Å². The third-order valence-corrected chi connectivity index (χ3v) is 23.6. The van der Waals surface area contributed by atoms with Crippen LogP contribution in [-0.2, 0) is 0 Å². The topological polar surface area (TPSA) is 68.3 Å². The Morgan fingerprint density at radius 1 is 0.324 bits per heavy atom. The molecular formula is C28H20As2O4. The molecule has 0 spiro atoms. The second-order valence-electron chi connectivity index (χ2n) is 7.31. The maximum atomic E-state index is 13.8. The van der Waals surface area contributed by atoms with Gasteiger partial charge >= 0.3 is 206 Å². The molecule has 4 nitrogen and oxygen atoms in total. The Hall–Kier alpha value is -3.32. The first-order valence-electron chi connectivity index (χ1n) is 10.6. The van der Waals surface area contributed by atoms with E-state index in [0.717, 1.165) is 0 Å². The predicted octanol–water partition coefficient (Wildman–Crippen LogP) is 4.74. The normalized spacial score (nSPS) is 10.8. The zero-order valence-corrected chi connectivity index (χ0v) is 21.8. The van der Waals surface area contributed by atoms with Crippen LogP contribution >= 0.6 is 0 Å². The summed E-state index contributed by atoms with van der Waals surface area (Å²) in [7, 11) is 0. The van der Waals surface area contributed by atoms with Gasteiger partial charge in [-0.05, 0) is 0 Å². The zero-order chi connectivity index (χ0) is 23.9. The summed E-state index contributed by atoms with van der Waals surface area (Å²) in [5.74, 6) is 0. The van der Waals surface area contributed by atoms with Gasteiger partial charge in [0.15, 0.2) is 0 Å². The van der Waals surface area contributed by atoms with Gasteiger partial charge in [-0.25, -0.2) is 0 Å². The summed E-state index contributed by atoms with van der Waals surface area (Å²) in [4.78, 5) is 55.4. The van der Waals surface area contributed by atoms with Crippen molar-refractivity contribution < 1.29 is 19.2 Å². The molecule has 4 aromatic rings. The van der Waals surface area contributed by atoms with E-state index in [1.807, 2.05) is 0 Å². The van der Waals surface area contributed by atoms with E-state index in [0.29, 0.717) is 22.3 Å². The molecule has 4 aromatic carbocycles. The molecule has 0 aliphatic rings. The first-order valence-corrected chi connectivity index (χ1v) is 19.5. The van der Waals surface area contributed by atoms with Crippen LogP contribution < -0.4 is 0 Å². The number of rotatable bonds is 9. The summed E-state index contributed by atoms with van der Waals surface area (Å²) in [6.07, 6.45) is 0. The molecule has 0 saturated carbocycles. The van der Waals surface area contributed by atoms with Crippen LogP contribution in [0.4, 0.5) is 0 Å². The van der Waals surface area contributed by atoms with Crippen LogP contribution in [0.3, 0.4) is 0 Å².